The lowest BCUT2D eigenvalue weighted by atomic mass is 10.1. The topological polar surface area (TPSA) is 82.3 Å². The maximum atomic E-state index is 10.1. The predicted molar refractivity (Wildman–Crippen MR) is 111 cm³/mol. The second-order valence-corrected chi connectivity index (χ2v) is 6.15. The van der Waals surface area contributed by atoms with Gasteiger partial charge >= 0.3 is 0 Å². The Morgan fingerprint density at radius 2 is 1.50 bits per heavy atom. The monoisotopic (exact) mass is 375 g/mol. The fraction of sp³-hybridized carbons (Fsp3) is 0.0870. The van der Waals surface area contributed by atoms with Gasteiger partial charge in [0.15, 0.2) is 17.7 Å². The Labute approximate surface area is 163 Å². The number of hydrogen-bond donors (Lipinski definition) is 3. The van der Waals surface area contributed by atoms with Gasteiger partial charge in [-0.2, -0.15) is 0 Å². The van der Waals surface area contributed by atoms with Crippen LogP contribution in [0, 0.1) is 0 Å². The first-order valence-corrected chi connectivity index (χ1v) is 8.71. The number of benzene rings is 3. The van der Waals surface area contributed by atoms with Gasteiger partial charge in [0.2, 0.25) is 0 Å². The van der Waals surface area contributed by atoms with Crippen molar-refractivity contribution in [3.63, 3.8) is 0 Å². The molecule has 28 heavy (non-hydrogen) atoms. The van der Waals surface area contributed by atoms with Crippen molar-refractivity contribution >= 4 is 18.4 Å². The lowest BCUT2D eigenvalue weighted by molar-refractivity contribution is 0.189. The molecule has 0 saturated heterocycles. The molecular weight excluding hydrogens is 354 g/mol. The second-order valence-electron chi connectivity index (χ2n) is 6.15. The zero-order chi connectivity index (χ0) is 19.9. The van der Waals surface area contributed by atoms with Crippen LogP contribution >= 0.6 is 0 Å². The van der Waals surface area contributed by atoms with E-state index in [0.717, 1.165) is 11.1 Å². The molecule has 5 heteroatoms. The van der Waals surface area contributed by atoms with Gasteiger partial charge in [0.05, 0.1) is 7.11 Å². The third-order valence-corrected chi connectivity index (χ3v) is 4.18. The molecule has 3 aromatic carbocycles. The molecule has 0 bridgehead atoms. The van der Waals surface area contributed by atoms with E-state index in [0.29, 0.717) is 16.9 Å². The first-order chi connectivity index (χ1) is 13.6. The highest BCUT2D eigenvalue weighted by molar-refractivity contribution is 5.85. The number of aliphatic hydroxyl groups excluding tert-OH is 1. The van der Waals surface area contributed by atoms with Crippen LogP contribution in [0.25, 0.3) is 12.2 Å². The lowest BCUT2D eigenvalue weighted by Gasteiger charge is -2.06. The highest BCUT2D eigenvalue weighted by Gasteiger charge is 2.05. The van der Waals surface area contributed by atoms with E-state index in [1.807, 2.05) is 30.4 Å². The van der Waals surface area contributed by atoms with Crippen LogP contribution in [0.1, 0.15) is 28.5 Å². The van der Waals surface area contributed by atoms with Crippen LogP contribution in [0.15, 0.2) is 71.7 Å². The number of phenols is 2. The van der Waals surface area contributed by atoms with Crippen molar-refractivity contribution in [1.82, 2.24) is 0 Å². The van der Waals surface area contributed by atoms with E-state index >= 15 is 0 Å². The number of aromatic hydroxyl groups is 2. The highest BCUT2D eigenvalue weighted by Crippen LogP contribution is 2.27. The third-order valence-electron chi connectivity index (χ3n) is 4.18. The Morgan fingerprint density at radius 3 is 2.18 bits per heavy atom. The molecule has 0 aliphatic heterocycles. The third kappa shape index (κ3) is 4.78. The van der Waals surface area contributed by atoms with Gasteiger partial charge in [0.1, 0.15) is 5.75 Å². The van der Waals surface area contributed by atoms with Crippen LogP contribution in [-0.2, 0) is 0 Å². The van der Waals surface area contributed by atoms with E-state index in [-0.39, 0.29) is 11.5 Å². The minimum absolute atomic E-state index is 0.0764. The number of rotatable bonds is 6. The van der Waals surface area contributed by atoms with E-state index in [1.165, 1.54) is 13.3 Å². The van der Waals surface area contributed by atoms with Crippen molar-refractivity contribution in [2.24, 2.45) is 4.99 Å². The zero-order valence-corrected chi connectivity index (χ0v) is 15.4. The van der Waals surface area contributed by atoms with Crippen LogP contribution in [0.4, 0.5) is 0 Å². The van der Waals surface area contributed by atoms with Gasteiger partial charge in [-0.3, -0.25) is 4.99 Å². The Hall–Kier alpha value is -3.57. The number of phenolic OH excluding ortho intramolecular Hbond substituents is 2. The zero-order valence-electron chi connectivity index (χ0n) is 15.4. The number of methoxy groups -OCH3 is 1. The first kappa shape index (κ1) is 19.2. The van der Waals surface area contributed by atoms with Gasteiger partial charge in [-0.05, 0) is 35.4 Å². The van der Waals surface area contributed by atoms with Gasteiger partial charge in [-0.25, -0.2) is 0 Å². The Balaban J connectivity index is 1.78. The minimum Gasteiger partial charge on any atom is -0.507 e. The SMILES string of the molecule is COc1cc(C=Cc2ccc(O)c(C=NC(O)c3ccccc3)c2)ccc1O. The summed E-state index contributed by atoms with van der Waals surface area (Å²) in [6.45, 7) is 0. The normalized spacial score (nSPS) is 12.5. The maximum Gasteiger partial charge on any atom is 0.171 e. The van der Waals surface area contributed by atoms with E-state index < -0.39 is 6.23 Å². The molecule has 0 spiro atoms. The van der Waals surface area contributed by atoms with Crippen molar-refractivity contribution in [2.45, 2.75) is 6.23 Å². The summed E-state index contributed by atoms with van der Waals surface area (Å²) in [6.07, 6.45) is 4.20. The molecule has 1 unspecified atom stereocenters. The molecule has 1 atom stereocenters. The molecule has 0 aliphatic carbocycles. The Morgan fingerprint density at radius 1 is 0.857 bits per heavy atom. The summed E-state index contributed by atoms with van der Waals surface area (Å²) in [6, 6.07) is 19.3. The summed E-state index contributed by atoms with van der Waals surface area (Å²) in [5.41, 5.74) is 2.88. The molecular formula is C23H21NO4. The Bertz CT molecular complexity index is 997. The Kier molecular flexibility index (Phi) is 6.09. The molecule has 0 fully saturated rings. The van der Waals surface area contributed by atoms with E-state index in [9.17, 15) is 15.3 Å². The predicted octanol–water partition coefficient (Wildman–Crippen LogP) is 4.39. The second kappa shape index (κ2) is 8.88. The average molecular weight is 375 g/mol. The number of aliphatic imine (C=N–C) groups is 1. The first-order valence-electron chi connectivity index (χ1n) is 8.71. The number of hydrogen-bond acceptors (Lipinski definition) is 5. The van der Waals surface area contributed by atoms with E-state index in [2.05, 4.69) is 4.99 Å². The van der Waals surface area contributed by atoms with Crippen LogP contribution in [0.3, 0.4) is 0 Å². The summed E-state index contributed by atoms with van der Waals surface area (Å²) in [5.74, 6) is 0.558. The smallest absolute Gasteiger partial charge is 0.171 e. The summed E-state index contributed by atoms with van der Waals surface area (Å²) >= 11 is 0. The summed E-state index contributed by atoms with van der Waals surface area (Å²) in [5, 5.41) is 29.9. The summed E-state index contributed by atoms with van der Waals surface area (Å²) in [7, 11) is 1.50. The molecule has 0 saturated carbocycles. The fourth-order valence-electron chi connectivity index (χ4n) is 2.63. The van der Waals surface area contributed by atoms with Crippen molar-refractivity contribution in [2.75, 3.05) is 7.11 Å². The molecule has 0 aromatic heterocycles. The quantitative estimate of drug-likeness (QED) is 0.441. The van der Waals surface area contributed by atoms with Gasteiger partial charge in [0, 0.05) is 17.3 Å². The molecule has 0 radical (unpaired) electrons. The number of aliphatic hydroxyl groups is 1. The number of ether oxygens (including phenoxy) is 1. The number of nitrogens with zero attached hydrogens (tertiary/aromatic N) is 1. The molecule has 142 valence electrons. The molecule has 5 nitrogen and oxygen atoms in total. The summed E-state index contributed by atoms with van der Waals surface area (Å²) < 4.78 is 5.11. The van der Waals surface area contributed by atoms with Crippen LogP contribution in [-0.4, -0.2) is 28.6 Å². The standard InChI is InChI=1S/C23H21NO4/c1-28-22-14-17(10-12-21(22)26)8-7-16-9-11-20(25)19(13-16)15-24-23(27)18-5-3-2-4-6-18/h2-15,23,25-27H,1H3. The largest absolute Gasteiger partial charge is 0.507 e. The average Bonchev–Trinajstić information content (AvgIpc) is 2.73. The van der Waals surface area contributed by atoms with Crippen molar-refractivity contribution in [1.29, 1.82) is 0 Å². The molecule has 3 N–H and O–H groups in total. The van der Waals surface area contributed by atoms with Crippen LogP contribution in [0.5, 0.6) is 17.2 Å². The lowest BCUT2D eigenvalue weighted by Crippen LogP contribution is -1.94. The molecule has 3 aromatic rings. The molecule has 0 aliphatic rings. The van der Waals surface area contributed by atoms with Crippen molar-refractivity contribution in [3.05, 3.63) is 89.0 Å². The highest BCUT2D eigenvalue weighted by atomic mass is 16.5. The fourth-order valence-corrected chi connectivity index (χ4v) is 2.63. The van der Waals surface area contributed by atoms with Gasteiger partial charge in [-0.15, -0.1) is 0 Å². The van der Waals surface area contributed by atoms with Gasteiger partial charge in [-0.1, -0.05) is 54.6 Å². The van der Waals surface area contributed by atoms with E-state index in [1.54, 1.807) is 48.5 Å². The molecule has 0 amide bonds. The molecule has 0 heterocycles. The minimum atomic E-state index is -0.996. The van der Waals surface area contributed by atoms with E-state index in [4.69, 9.17) is 4.74 Å². The molecule has 3 rings (SSSR count). The van der Waals surface area contributed by atoms with Crippen LogP contribution in [0.2, 0.25) is 0 Å². The van der Waals surface area contributed by atoms with Crippen molar-refractivity contribution < 1.29 is 20.1 Å². The summed E-state index contributed by atoms with van der Waals surface area (Å²) in [4.78, 5) is 4.12. The van der Waals surface area contributed by atoms with Gasteiger partial charge < -0.3 is 20.1 Å². The van der Waals surface area contributed by atoms with Crippen LogP contribution < -0.4 is 4.74 Å². The maximum absolute atomic E-state index is 10.1. The van der Waals surface area contributed by atoms with Gasteiger partial charge in [0.25, 0.3) is 0 Å². The van der Waals surface area contributed by atoms with Crippen molar-refractivity contribution in [3.8, 4) is 17.2 Å².